The molecule has 0 saturated carbocycles. The van der Waals surface area contributed by atoms with Crippen molar-refractivity contribution in [1.82, 2.24) is 10.1 Å². The highest BCUT2D eigenvalue weighted by atomic mass is 32.2. The zero-order valence-corrected chi connectivity index (χ0v) is 14.8. The summed E-state index contributed by atoms with van der Waals surface area (Å²) in [7, 11) is 0. The number of hydrogen-bond donors (Lipinski definition) is 1. The van der Waals surface area contributed by atoms with E-state index in [0.29, 0.717) is 40.3 Å². The van der Waals surface area contributed by atoms with Gasteiger partial charge in [0.05, 0.1) is 5.56 Å². The van der Waals surface area contributed by atoms with Crippen molar-refractivity contribution in [2.45, 2.75) is 38.6 Å². The lowest BCUT2D eigenvalue weighted by Gasteiger charge is -2.08. The highest BCUT2D eigenvalue weighted by Gasteiger charge is 2.10. The van der Waals surface area contributed by atoms with Crippen molar-refractivity contribution >= 4 is 23.5 Å². The Morgan fingerprint density at radius 1 is 1.46 bits per heavy atom. The third-order valence-corrected chi connectivity index (χ3v) is 4.11. The lowest BCUT2D eigenvalue weighted by molar-refractivity contribution is -0.115. The molecule has 2 rings (SSSR count). The second kappa shape index (κ2) is 8.50. The first-order valence-corrected chi connectivity index (χ1v) is 8.72. The van der Waals surface area contributed by atoms with Gasteiger partial charge < -0.3 is 9.84 Å². The number of carbonyl (C=O) groups is 1. The van der Waals surface area contributed by atoms with E-state index in [0.717, 1.165) is 12.1 Å². The Labute approximate surface area is 145 Å². The molecule has 0 aliphatic rings. The second-order valence-corrected chi connectivity index (χ2v) is 6.92. The Bertz CT molecular complexity index is 749. The van der Waals surface area contributed by atoms with Crippen LogP contribution in [0.4, 0.5) is 5.82 Å². The summed E-state index contributed by atoms with van der Waals surface area (Å²) >= 11 is 1.42. The standard InChI is InChI=1S/C17H20N4O2S/c1-11(2)8-14-5-4-13(10-18)17(19-14)24-7-6-16(22)20-15-9-12(3)23-21-15/h4-5,9,11H,6-8H2,1-3H3,(H,20,21,22). The van der Waals surface area contributed by atoms with E-state index in [1.54, 1.807) is 19.1 Å². The maximum atomic E-state index is 11.9. The van der Waals surface area contributed by atoms with Crippen LogP contribution in [0.15, 0.2) is 27.7 Å². The number of hydrogen-bond acceptors (Lipinski definition) is 6. The van der Waals surface area contributed by atoms with E-state index in [4.69, 9.17) is 4.52 Å². The van der Waals surface area contributed by atoms with Crippen LogP contribution in [0.1, 0.15) is 37.3 Å². The van der Waals surface area contributed by atoms with Gasteiger partial charge in [-0.2, -0.15) is 5.26 Å². The number of nitriles is 1. The van der Waals surface area contributed by atoms with Gasteiger partial charge in [0.25, 0.3) is 0 Å². The smallest absolute Gasteiger partial charge is 0.226 e. The molecule has 24 heavy (non-hydrogen) atoms. The minimum Gasteiger partial charge on any atom is -0.360 e. The topological polar surface area (TPSA) is 91.8 Å². The van der Waals surface area contributed by atoms with Crippen molar-refractivity contribution in [2.24, 2.45) is 5.92 Å². The van der Waals surface area contributed by atoms with Gasteiger partial charge in [-0.05, 0) is 31.4 Å². The van der Waals surface area contributed by atoms with Crippen LogP contribution < -0.4 is 5.32 Å². The van der Waals surface area contributed by atoms with E-state index in [-0.39, 0.29) is 5.91 Å². The molecule has 126 valence electrons. The van der Waals surface area contributed by atoms with Crippen LogP contribution in [-0.2, 0) is 11.2 Å². The third kappa shape index (κ3) is 5.39. The largest absolute Gasteiger partial charge is 0.360 e. The van der Waals surface area contributed by atoms with Crippen molar-refractivity contribution in [2.75, 3.05) is 11.1 Å². The lowest BCUT2D eigenvalue weighted by atomic mass is 10.1. The van der Waals surface area contributed by atoms with Gasteiger partial charge in [0.15, 0.2) is 5.82 Å². The zero-order valence-electron chi connectivity index (χ0n) is 14.0. The molecule has 0 spiro atoms. The third-order valence-electron chi connectivity index (χ3n) is 3.12. The fraction of sp³-hybridized carbons (Fsp3) is 0.412. The summed E-state index contributed by atoms with van der Waals surface area (Å²) < 4.78 is 4.90. The predicted octanol–water partition coefficient (Wildman–Crippen LogP) is 3.57. The predicted molar refractivity (Wildman–Crippen MR) is 92.7 cm³/mol. The Kier molecular flexibility index (Phi) is 6.38. The number of pyridine rings is 1. The molecule has 2 heterocycles. The molecular weight excluding hydrogens is 324 g/mol. The lowest BCUT2D eigenvalue weighted by Crippen LogP contribution is -2.12. The second-order valence-electron chi connectivity index (χ2n) is 5.83. The van der Waals surface area contributed by atoms with Crippen LogP contribution in [-0.4, -0.2) is 21.8 Å². The number of aryl methyl sites for hydroxylation is 1. The quantitative estimate of drug-likeness (QED) is 0.772. The van der Waals surface area contributed by atoms with E-state index in [2.05, 4.69) is 35.4 Å². The summed E-state index contributed by atoms with van der Waals surface area (Å²) in [4.78, 5) is 16.4. The fourth-order valence-corrected chi connectivity index (χ4v) is 3.01. The monoisotopic (exact) mass is 344 g/mol. The first-order chi connectivity index (χ1) is 11.5. The number of amides is 1. The number of anilines is 1. The van der Waals surface area contributed by atoms with E-state index in [1.165, 1.54) is 11.8 Å². The average molecular weight is 344 g/mol. The average Bonchev–Trinajstić information content (AvgIpc) is 2.92. The van der Waals surface area contributed by atoms with Crippen LogP contribution in [0.2, 0.25) is 0 Å². The fourth-order valence-electron chi connectivity index (χ4n) is 2.08. The number of nitrogens with one attached hydrogen (secondary N) is 1. The summed E-state index contributed by atoms with van der Waals surface area (Å²) in [6.45, 7) is 6.02. The van der Waals surface area contributed by atoms with E-state index in [1.807, 2.05) is 6.07 Å². The molecule has 0 aromatic carbocycles. The van der Waals surface area contributed by atoms with Crippen LogP contribution in [0.3, 0.4) is 0 Å². The first kappa shape index (κ1) is 18.0. The number of thioether (sulfide) groups is 1. The summed E-state index contributed by atoms with van der Waals surface area (Å²) in [6.07, 6.45) is 1.17. The van der Waals surface area contributed by atoms with Gasteiger partial charge in [0.1, 0.15) is 16.9 Å². The molecule has 0 unspecified atom stereocenters. The Hall–Kier alpha value is -2.33. The van der Waals surface area contributed by atoms with E-state index < -0.39 is 0 Å². The summed E-state index contributed by atoms with van der Waals surface area (Å²) in [6, 6.07) is 7.50. The van der Waals surface area contributed by atoms with Crippen molar-refractivity contribution < 1.29 is 9.32 Å². The maximum absolute atomic E-state index is 11.9. The Morgan fingerprint density at radius 3 is 2.88 bits per heavy atom. The van der Waals surface area contributed by atoms with Crippen LogP contribution in [0.25, 0.3) is 0 Å². The highest BCUT2D eigenvalue weighted by Crippen LogP contribution is 2.22. The molecule has 0 aliphatic heterocycles. The van der Waals surface area contributed by atoms with Crippen molar-refractivity contribution in [3.8, 4) is 6.07 Å². The zero-order chi connectivity index (χ0) is 17.5. The number of nitrogens with zero attached hydrogens (tertiary/aromatic N) is 3. The molecule has 0 atom stereocenters. The Morgan fingerprint density at radius 2 is 2.25 bits per heavy atom. The first-order valence-electron chi connectivity index (χ1n) is 7.74. The molecule has 0 aliphatic carbocycles. The SMILES string of the molecule is Cc1cc(NC(=O)CCSc2nc(CC(C)C)ccc2C#N)no1. The number of aromatic nitrogens is 2. The van der Waals surface area contributed by atoms with Gasteiger partial charge in [-0.1, -0.05) is 19.0 Å². The molecule has 7 heteroatoms. The summed E-state index contributed by atoms with van der Waals surface area (Å²) in [5.74, 6) is 1.95. The van der Waals surface area contributed by atoms with Crippen LogP contribution >= 0.6 is 11.8 Å². The number of carbonyl (C=O) groups excluding carboxylic acids is 1. The van der Waals surface area contributed by atoms with Crippen LogP contribution in [0, 0.1) is 24.2 Å². The van der Waals surface area contributed by atoms with Crippen molar-refractivity contribution in [3.05, 3.63) is 35.2 Å². The Balaban J connectivity index is 1.90. The highest BCUT2D eigenvalue weighted by molar-refractivity contribution is 7.99. The van der Waals surface area contributed by atoms with Gasteiger partial charge in [-0.25, -0.2) is 4.98 Å². The maximum Gasteiger partial charge on any atom is 0.226 e. The molecule has 0 bridgehead atoms. The van der Waals surface area contributed by atoms with E-state index >= 15 is 0 Å². The minimum absolute atomic E-state index is 0.146. The van der Waals surface area contributed by atoms with E-state index in [9.17, 15) is 10.1 Å². The molecule has 6 nitrogen and oxygen atoms in total. The molecule has 0 radical (unpaired) electrons. The van der Waals surface area contributed by atoms with Gasteiger partial charge in [0, 0.05) is 23.9 Å². The molecule has 0 fully saturated rings. The minimum atomic E-state index is -0.146. The molecule has 1 N–H and O–H groups in total. The van der Waals surface area contributed by atoms with Gasteiger partial charge >= 0.3 is 0 Å². The summed E-state index contributed by atoms with van der Waals surface area (Å²) in [5.41, 5.74) is 1.51. The molecule has 2 aromatic rings. The van der Waals surface area contributed by atoms with Gasteiger partial charge in [0.2, 0.25) is 5.91 Å². The molecular formula is C17H20N4O2S. The van der Waals surface area contributed by atoms with Crippen LogP contribution in [0.5, 0.6) is 0 Å². The normalized spacial score (nSPS) is 10.6. The molecule has 1 amide bonds. The molecule has 2 aromatic heterocycles. The summed E-state index contributed by atoms with van der Waals surface area (Å²) in [5, 5.41) is 16.3. The molecule has 0 saturated heterocycles. The van der Waals surface area contributed by atoms with Gasteiger partial charge in [-0.15, -0.1) is 11.8 Å². The number of rotatable bonds is 7. The van der Waals surface area contributed by atoms with Crippen molar-refractivity contribution in [1.29, 1.82) is 5.26 Å². The van der Waals surface area contributed by atoms with Gasteiger partial charge in [-0.3, -0.25) is 4.79 Å². The van der Waals surface area contributed by atoms with Crippen molar-refractivity contribution in [3.63, 3.8) is 0 Å².